The van der Waals surface area contributed by atoms with Crippen LogP contribution in [0.15, 0.2) is 16.6 Å². The molecular formula is C13H13BrF2N2O3. The Bertz CT molecular complexity index is 560. The SMILES string of the molecule is O=C(CN1CCCC1C(=O)O)Nc1c(F)cc(F)cc1Br. The van der Waals surface area contributed by atoms with Gasteiger partial charge in [0.25, 0.3) is 0 Å². The number of benzene rings is 1. The molecule has 0 spiro atoms. The Kier molecular flexibility index (Phi) is 4.89. The van der Waals surface area contributed by atoms with Gasteiger partial charge in [-0.3, -0.25) is 14.5 Å². The number of nitrogens with one attached hydrogen (secondary N) is 1. The molecule has 1 amide bonds. The number of carbonyl (C=O) groups excluding carboxylic acids is 1. The number of carboxylic acid groups (broad SMARTS) is 1. The van der Waals surface area contributed by atoms with E-state index in [9.17, 15) is 18.4 Å². The third-order valence-corrected chi connectivity index (χ3v) is 3.89. The van der Waals surface area contributed by atoms with E-state index in [-0.39, 0.29) is 16.7 Å². The van der Waals surface area contributed by atoms with Gasteiger partial charge < -0.3 is 10.4 Å². The van der Waals surface area contributed by atoms with Crippen LogP contribution in [0.4, 0.5) is 14.5 Å². The molecule has 5 nitrogen and oxygen atoms in total. The van der Waals surface area contributed by atoms with Gasteiger partial charge in [0.05, 0.1) is 12.2 Å². The fourth-order valence-corrected chi connectivity index (χ4v) is 2.83. The number of rotatable bonds is 4. The van der Waals surface area contributed by atoms with Crippen LogP contribution in [-0.4, -0.2) is 41.0 Å². The van der Waals surface area contributed by atoms with Crippen LogP contribution in [0.5, 0.6) is 0 Å². The number of halogens is 3. The van der Waals surface area contributed by atoms with Gasteiger partial charge in [-0.05, 0) is 41.4 Å². The van der Waals surface area contributed by atoms with E-state index in [1.54, 1.807) is 0 Å². The van der Waals surface area contributed by atoms with Gasteiger partial charge in [-0.15, -0.1) is 0 Å². The molecule has 2 rings (SSSR count). The summed E-state index contributed by atoms with van der Waals surface area (Å²) in [5, 5.41) is 11.4. The molecule has 21 heavy (non-hydrogen) atoms. The molecule has 1 aromatic rings. The summed E-state index contributed by atoms with van der Waals surface area (Å²) in [6.45, 7) is 0.345. The second-order valence-corrected chi connectivity index (χ2v) is 5.61. The highest BCUT2D eigenvalue weighted by atomic mass is 79.9. The first-order valence-electron chi connectivity index (χ1n) is 6.29. The summed E-state index contributed by atoms with van der Waals surface area (Å²) in [4.78, 5) is 24.4. The maximum absolute atomic E-state index is 13.6. The van der Waals surface area contributed by atoms with Crippen LogP contribution in [-0.2, 0) is 9.59 Å². The molecule has 0 aliphatic carbocycles. The second kappa shape index (κ2) is 6.48. The number of hydrogen-bond donors (Lipinski definition) is 2. The molecule has 1 saturated heterocycles. The molecule has 2 N–H and O–H groups in total. The summed E-state index contributed by atoms with van der Waals surface area (Å²) in [7, 11) is 0. The molecule has 1 aromatic carbocycles. The number of aliphatic carboxylic acids is 1. The quantitative estimate of drug-likeness (QED) is 0.861. The predicted octanol–water partition coefficient (Wildman–Crippen LogP) is 2.21. The number of carbonyl (C=O) groups is 2. The van der Waals surface area contributed by atoms with Gasteiger partial charge in [0, 0.05) is 10.5 Å². The van der Waals surface area contributed by atoms with Crippen LogP contribution >= 0.6 is 15.9 Å². The first-order valence-corrected chi connectivity index (χ1v) is 7.09. The number of amides is 1. The minimum absolute atomic E-state index is 0.0876. The van der Waals surface area contributed by atoms with Gasteiger partial charge in [0.1, 0.15) is 11.9 Å². The van der Waals surface area contributed by atoms with Crippen LogP contribution < -0.4 is 5.32 Å². The zero-order valence-corrected chi connectivity index (χ0v) is 12.5. The van der Waals surface area contributed by atoms with Crippen molar-refractivity contribution in [3.05, 3.63) is 28.2 Å². The van der Waals surface area contributed by atoms with E-state index >= 15 is 0 Å². The van der Waals surface area contributed by atoms with Crippen LogP contribution in [0.3, 0.4) is 0 Å². The van der Waals surface area contributed by atoms with E-state index in [2.05, 4.69) is 21.2 Å². The first-order chi connectivity index (χ1) is 9.88. The third kappa shape index (κ3) is 3.76. The van der Waals surface area contributed by atoms with Gasteiger partial charge in [-0.2, -0.15) is 0 Å². The van der Waals surface area contributed by atoms with E-state index in [1.165, 1.54) is 4.90 Å². The largest absolute Gasteiger partial charge is 0.480 e. The van der Waals surface area contributed by atoms with E-state index in [1.807, 2.05) is 0 Å². The van der Waals surface area contributed by atoms with Gasteiger partial charge in [0.15, 0.2) is 5.82 Å². The number of nitrogens with zero attached hydrogens (tertiary/aromatic N) is 1. The van der Waals surface area contributed by atoms with E-state index in [4.69, 9.17) is 5.11 Å². The minimum Gasteiger partial charge on any atom is -0.480 e. The zero-order chi connectivity index (χ0) is 15.6. The fraction of sp³-hybridized carbons (Fsp3) is 0.385. The van der Waals surface area contributed by atoms with Crippen molar-refractivity contribution in [1.29, 1.82) is 0 Å². The van der Waals surface area contributed by atoms with Crippen molar-refractivity contribution in [2.75, 3.05) is 18.4 Å². The number of carboxylic acids is 1. The Morgan fingerprint density at radius 3 is 2.76 bits per heavy atom. The van der Waals surface area contributed by atoms with Crippen molar-refractivity contribution in [2.24, 2.45) is 0 Å². The van der Waals surface area contributed by atoms with Crippen LogP contribution in [0, 0.1) is 11.6 Å². The third-order valence-electron chi connectivity index (χ3n) is 3.27. The van der Waals surface area contributed by atoms with Gasteiger partial charge in [-0.1, -0.05) is 0 Å². The summed E-state index contributed by atoms with van der Waals surface area (Å²) < 4.78 is 26.6. The molecule has 8 heteroatoms. The highest BCUT2D eigenvalue weighted by Gasteiger charge is 2.31. The Labute approximate surface area is 128 Å². The number of likely N-dealkylation sites (tertiary alicyclic amines) is 1. The maximum atomic E-state index is 13.6. The molecule has 1 heterocycles. The van der Waals surface area contributed by atoms with E-state index in [0.717, 1.165) is 6.07 Å². The average molecular weight is 363 g/mol. The minimum atomic E-state index is -0.977. The molecular weight excluding hydrogens is 350 g/mol. The van der Waals surface area contributed by atoms with E-state index < -0.39 is 29.6 Å². The molecule has 0 aromatic heterocycles. The molecule has 1 unspecified atom stereocenters. The average Bonchev–Trinajstić information content (AvgIpc) is 2.82. The topological polar surface area (TPSA) is 69.6 Å². The highest BCUT2D eigenvalue weighted by Crippen LogP contribution is 2.27. The van der Waals surface area contributed by atoms with Crippen molar-refractivity contribution < 1.29 is 23.5 Å². The first kappa shape index (κ1) is 15.8. The lowest BCUT2D eigenvalue weighted by molar-refractivity contribution is -0.142. The van der Waals surface area contributed by atoms with Gasteiger partial charge in [-0.25, -0.2) is 8.78 Å². The zero-order valence-electron chi connectivity index (χ0n) is 10.9. The van der Waals surface area contributed by atoms with Gasteiger partial charge >= 0.3 is 5.97 Å². The molecule has 0 bridgehead atoms. The lowest BCUT2D eigenvalue weighted by Gasteiger charge is -2.20. The predicted molar refractivity (Wildman–Crippen MR) is 74.9 cm³/mol. The molecule has 1 atom stereocenters. The summed E-state index contributed by atoms with van der Waals surface area (Å²) >= 11 is 2.97. The Morgan fingerprint density at radius 1 is 1.43 bits per heavy atom. The van der Waals surface area contributed by atoms with Crippen molar-refractivity contribution in [3.63, 3.8) is 0 Å². The van der Waals surface area contributed by atoms with E-state index in [0.29, 0.717) is 25.5 Å². The Hall–Kier alpha value is -1.54. The normalized spacial score (nSPS) is 18.7. The standard InChI is InChI=1S/C13H13BrF2N2O3/c14-8-4-7(15)5-9(16)12(8)17-11(19)6-18-3-1-2-10(18)13(20)21/h4-5,10H,1-3,6H2,(H,17,19)(H,20,21). The Balaban J connectivity index is 2.04. The van der Waals surface area contributed by atoms with Crippen LogP contribution in [0.2, 0.25) is 0 Å². The molecule has 0 saturated carbocycles. The second-order valence-electron chi connectivity index (χ2n) is 4.76. The van der Waals surface area contributed by atoms with Crippen LogP contribution in [0.25, 0.3) is 0 Å². The molecule has 114 valence electrons. The van der Waals surface area contributed by atoms with Crippen LogP contribution in [0.1, 0.15) is 12.8 Å². The van der Waals surface area contributed by atoms with Crippen molar-refractivity contribution >= 4 is 33.5 Å². The molecule has 1 aliphatic rings. The van der Waals surface area contributed by atoms with Crippen molar-refractivity contribution in [2.45, 2.75) is 18.9 Å². The number of anilines is 1. The summed E-state index contributed by atoms with van der Waals surface area (Å²) in [6, 6.07) is 1.00. The molecule has 1 fully saturated rings. The smallest absolute Gasteiger partial charge is 0.320 e. The molecule has 1 aliphatic heterocycles. The maximum Gasteiger partial charge on any atom is 0.320 e. The van der Waals surface area contributed by atoms with Crippen molar-refractivity contribution in [1.82, 2.24) is 4.90 Å². The summed E-state index contributed by atoms with van der Waals surface area (Å²) in [6.07, 6.45) is 1.18. The van der Waals surface area contributed by atoms with Crippen molar-refractivity contribution in [3.8, 4) is 0 Å². The Morgan fingerprint density at radius 2 is 2.14 bits per heavy atom. The highest BCUT2D eigenvalue weighted by molar-refractivity contribution is 9.10. The monoisotopic (exact) mass is 362 g/mol. The van der Waals surface area contributed by atoms with Gasteiger partial charge in [0.2, 0.25) is 5.91 Å². The number of hydrogen-bond acceptors (Lipinski definition) is 3. The summed E-state index contributed by atoms with van der Waals surface area (Å²) in [5.74, 6) is -3.18. The molecule has 0 radical (unpaired) electrons. The lowest BCUT2D eigenvalue weighted by atomic mass is 10.2. The lowest BCUT2D eigenvalue weighted by Crippen LogP contribution is -2.41. The fourth-order valence-electron chi connectivity index (χ4n) is 2.32. The summed E-state index contributed by atoms with van der Waals surface area (Å²) in [5.41, 5.74) is -0.160.